The molecule has 4 rings (SSSR count). The second kappa shape index (κ2) is 17.4. The SMILES string of the molecule is CCOc1cc(OCC)cc(-n2cc(C(=O)N(CC)c3cc(C#N)cc(OC)c3)c(=O)c3ccc(OCCCCCCCBr)cc32)c1. The molecule has 47 heavy (non-hydrogen) atoms. The molecule has 1 aromatic heterocycles. The van der Waals surface area contributed by atoms with E-state index in [2.05, 4.69) is 22.0 Å². The molecular formula is C37H42BrN3O6. The minimum absolute atomic E-state index is 0.0300. The van der Waals surface area contributed by atoms with Gasteiger partial charge in [-0.1, -0.05) is 35.2 Å². The summed E-state index contributed by atoms with van der Waals surface area (Å²) in [5.74, 6) is 1.75. The molecule has 0 spiro atoms. The van der Waals surface area contributed by atoms with Gasteiger partial charge >= 0.3 is 0 Å². The van der Waals surface area contributed by atoms with Gasteiger partial charge in [0, 0.05) is 59.5 Å². The Kier molecular flexibility index (Phi) is 13.1. The predicted molar refractivity (Wildman–Crippen MR) is 189 cm³/mol. The van der Waals surface area contributed by atoms with Crippen molar-refractivity contribution in [1.82, 2.24) is 4.57 Å². The normalized spacial score (nSPS) is 10.8. The molecule has 248 valence electrons. The highest BCUT2D eigenvalue weighted by Gasteiger charge is 2.24. The average Bonchev–Trinajstić information content (AvgIpc) is 3.08. The maximum absolute atomic E-state index is 14.2. The van der Waals surface area contributed by atoms with Crippen LogP contribution >= 0.6 is 15.9 Å². The Hall–Kier alpha value is -4.49. The number of amides is 1. The van der Waals surface area contributed by atoms with Crippen LogP contribution in [0.15, 0.2) is 65.6 Å². The van der Waals surface area contributed by atoms with E-state index in [0.717, 1.165) is 24.6 Å². The maximum atomic E-state index is 14.2. The van der Waals surface area contributed by atoms with Crippen molar-refractivity contribution < 1.29 is 23.7 Å². The van der Waals surface area contributed by atoms with Gasteiger partial charge in [-0.15, -0.1) is 0 Å². The van der Waals surface area contributed by atoms with Crippen molar-refractivity contribution in [3.63, 3.8) is 0 Å². The minimum atomic E-state index is -0.503. The predicted octanol–water partition coefficient (Wildman–Crippen LogP) is 8.06. The summed E-state index contributed by atoms with van der Waals surface area (Å²) in [5.41, 5.74) is 1.58. The van der Waals surface area contributed by atoms with Crippen LogP contribution in [0.5, 0.6) is 23.0 Å². The Morgan fingerprint density at radius 2 is 1.55 bits per heavy atom. The number of alkyl halides is 1. The van der Waals surface area contributed by atoms with Gasteiger partial charge in [0.2, 0.25) is 5.43 Å². The van der Waals surface area contributed by atoms with Gasteiger partial charge < -0.3 is 28.4 Å². The number of nitrogens with zero attached hydrogens (tertiary/aromatic N) is 3. The third-order valence-electron chi connectivity index (χ3n) is 7.65. The van der Waals surface area contributed by atoms with Crippen LogP contribution in [0.25, 0.3) is 16.6 Å². The van der Waals surface area contributed by atoms with Gasteiger partial charge in [-0.3, -0.25) is 9.59 Å². The van der Waals surface area contributed by atoms with Gasteiger partial charge in [0.05, 0.1) is 49.8 Å². The Balaban J connectivity index is 1.84. The van der Waals surface area contributed by atoms with Crippen molar-refractivity contribution in [3.05, 3.63) is 82.1 Å². The van der Waals surface area contributed by atoms with Crippen LogP contribution in [0.1, 0.15) is 68.8 Å². The van der Waals surface area contributed by atoms with Crippen LogP contribution in [0.2, 0.25) is 0 Å². The number of unbranched alkanes of at least 4 members (excludes halogenated alkanes) is 4. The van der Waals surface area contributed by atoms with Crippen LogP contribution < -0.4 is 29.3 Å². The van der Waals surface area contributed by atoms with Crippen LogP contribution in [0, 0.1) is 11.3 Å². The Bertz CT molecular complexity index is 1760. The highest BCUT2D eigenvalue weighted by atomic mass is 79.9. The topological polar surface area (TPSA) is 103 Å². The second-order valence-corrected chi connectivity index (χ2v) is 11.6. The number of rotatable bonds is 17. The molecule has 0 radical (unpaired) electrons. The van der Waals surface area contributed by atoms with Crippen molar-refractivity contribution in [2.45, 2.75) is 52.9 Å². The zero-order chi connectivity index (χ0) is 33.8. The van der Waals surface area contributed by atoms with Crippen LogP contribution in [-0.2, 0) is 0 Å². The molecule has 0 aliphatic rings. The molecule has 0 atom stereocenters. The third kappa shape index (κ3) is 8.86. The smallest absolute Gasteiger partial charge is 0.263 e. The number of aromatic nitrogens is 1. The number of hydrogen-bond acceptors (Lipinski definition) is 7. The number of hydrogen-bond donors (Lipinski definition) is 0. The monoisotopic (exact) mass is 703 g/mol. The Labute approximate surface area is 284 Å². The summed E-state index contributed by atoms with van der Waals surface area (Å²) in [6, 6.07) is 17.8. The Morgan fingerprint density at radius 1 is 0.851 bits per heavy atom. The number of halogens is 1. The lowest BCUT2D eigenvalue weighted by atomic mass is 10.1. The highest BCUT2D eigenvalue weighted by Crippen LogP contribution is 2.30. The first-order valence-electron chi connectivity index (χ1n) is 16.1. The van der Waals surface area contributed by atoms with Crippen molar-refractivity contribution >= 4 is 38.4 Å². The lowest BCUT2D eigenvalue weighted by Gasteiger charge is -2.23. The standard InChI is InChI=1S/C37H42BrN3O6/c1-5-40(27-17-26(24-39)18-30(19-27)44-4)37(43)34-25-41(28-20-31(45-6-2)22-32(21-28)46-7-3)35-23-29(13-14-33(35)36(34)42)47-16-12-10-8-9-11-15-38/h13-14,17-23,25H,5-12,15-16H2,1-4H3. The molecule has 0 bridgehead atoms. The summed E-state index contributed by atoms with van der Waals surface area (Å²) >= 11 is 3.48. The van der Waals surface area contributed by atoms with E-state index < -0.39 is 11.3 Å². The molecule has 9 nitrogen and oxygen atoms in total. The maximum Gasteiger partial charge on any atom is 0.263 e. The summed E-state index contributed by atoms with van der Waals surface area (Å²) in [6.45, 7) is 7.34. The largest absolute Gasteiger partial charge is 0.497 e. The lowest BCUT2D eigenvalue weighted by molar-refractivity contribution is 0.0987. The number of methoxy groups -OCH3 is 1. The van der Waals surface area contributed by atoms with E-state index >= 15 is 0 Å². The molecule has 0 aliphatic heterocycles. The summed E-state index contributed by atoms with van der Waals surface area (Å²) in [6.07, 6.45) is 7.09. The average molecular weight is 705 g/mol. The number of carbonyl (C=O) groups excluding carboxylic acids is 1. The van der Waals surface area contributed by atoms with Crippen LogP contribution in [0.4, 0.5) is 5.69 Å². The number of benzene rings is 3. The molecule has 0 N–H and O–H groups in total. The molecule has 0 saturated heterocycles. The molecular weight excluding hydrogens is 662 g/mol. The van der Waals surface area contributed by atoms with E-state index in [0.29, 0.717) is 70.7 Å². The first-order chi connectivity index (χ1) is 22.9. The van der Waals surface area contributed by atoms with Gasteiger partial charge in [0.15, 0.2) is 0 Å². The minimum Gasteiger partial charge on any atom is -0.497 e. The highest BCUT2D eigenvalue weighted by molar-refractivity contribution is 9.09. The molecule has 1 heterocycles. The van der Waals surface area contributed by atoms with Crippen molar-refractivity contribution in [2.24, 2.45) is 0 Å². The summed E-state index contributed by atoms with van der Waals surface area (Å²) in [5, 5.41) is 11.0. The van der Waals surface area contributed by atoms with Crippen LogP contribution in [-0.4, -0.2) is 49.3 Å². The number of ether oxygens (including phenoxy) is 4. The quantitative estimate of drug-likeness (QED) is 0.0810. The number of pyridine rings is 1. The zero-order valence-corrected chi connectivity index (χ0v) is 29.1. The van der Waals surface area contributed by atoms with E-state index in [1.165, 1.54) is 24.9 Å². The van der Waals surface area contributed by atoms with Gasteiger partial charge in [0.25, 0.3) is 5.91 Å². The lowest BCUT2D eigenvalue weighted by Crippen LogP contribution is -2.35. The number of anilines is 1. The fourth-order valence-corrected chi connectivity index (χ4v) is 5.78. The van der Waals surface area contributed by atoms with Crippen molar-refractivity contribution in [2.75, 3.05) is 43.7 Å². The van der Waals surface area contributed by atoms with Crippen molar-refractivity contribution in [3.8, 4) is 34.8 Å². The molecule has 3 aromatic carbocycles. The number of fused-ring (bicyclic) bond motifs is 1. The van der Waals surface area contributed by atoms with E-state index in [1.54, 1.807) is 36.5 Å². The van der Waals surface area contributed by atoms with Gasteiger partial charge in [0.1, 0.15) is 28.6 Å². The summed E-state index contributed by atoms with van der Waals surface area (Å²) in [4.78, 5) is 29.7. The van der Waals surface area contributed by atoms with E-state index in [-0.39, 0.29) is 12.1 Å². The molecule has 0 fully saturated rings. The Morgan fingerprint density at radius 3 is 2.19 bits per heavy atom. The molecule has 0 saturated carbocycles. The fraction of sp³-hybridized carbons (Fsp3) is 0.378. The molecule has 0 unspecified atom stereocenters. The summed E-state index contributed by atoms with van der Waals surface area (Å²) in [7, 11) is 1.50. The molecule has 4 aromatic rings. The first-order valence-corrected chi connectivity index (χ1v) is 17.2. The van der Waals surface area contributed by atoms with Gasteiger partial charge in [-0.25, -0.2) is 0 Å². The number of carbonyl (C=O) groups is 1. The second-order valence-electron chi connectivity index (χ2n) is 10.8. The van der Waals surface area contributed by atoms with E-state index in [9.17, 15) is 14.9 Å². The van der Waals surface area contributed by atoms with Gasteiger partial charge in [-0.05, 0) is 57.9 Å². The number of nitriles is 1. The molecule has 10 heteroatoms. The van der Waals surface area contributed by atoms with E-state index in [4.69, 9.17) is 18.9 Å². The van der Waals surface area contributed by atoms with Crippen LogP contribution in [0.3, 0.4) is 0 Å². The zero-order valence-electron chi connectivity index (χ0n) is 27.5. The van der Waals surface area contributed by atoms with Gasteiger partial charge in [-0.2, -0.15) is 5.26 Å². The van der Waals surface area contributed by atoms with Crippen molar-refractivity contribution in [1.29, 1.82) is 5.26 Å². The van der Waals surface area contributed by atoms with E-state index in [1.807, 2.05) is 49.6 Å². The molecule has 0 aliphatic carbocycles. The third-order valence-corrected chi connectivity index (χ3v) is 8.21. The first kappa shape index (κ1) is 35.4. The summed E-state index contributed by atoms with van der Waals surface area (Å²) < 4.78 is 25.0. The fourth-order valence-electron chi connectivity index (χ4n) is 5.38. The molecule has 1 amide bonds.